The molecule has 0 spiro atoms. The Morgan fingerprint density at radius 3 is 2.91 bits per heavy atom. The minimum Gasteiger partial charge on any atom is -0.506 e. The zero-order chi connectivity index (χ0) is 23.4. The van der Waals surface area contributed by atoms with E-state index >= 15 is 0 Å². The van der Waals surface area contributed by atoms with Crippen molar-refractivity contribution in [3.05, 3.63) is 65.5 Å². The number of anilines is 1. The predicted molar refractivity (Wildman–Crippen MR) is 127 cm³/mol. The average Bonchev–Trinajstić information content (AvgIpc) is 3.42. The minimum absolute atomic E-state index is 0.108. The fourth-order valence-corrected chi connectivity index (χ4v) is 4.79. The molecule has 1 aliphatic rings. The summed E-state index contributed by atoms with van der Waals surface area (Å²) in [6.07, 6.45) is 7.06. The van der Waals surface area contributed by atoms with Crippen molar-refractivity contribution in [3.63, 3.8) is 0 Å². The first-order valence-corrected chi connectivity index (χ1v) is 11.4. The van der Waals surface area contributed by atoms with Crippen molar-refractivity contribution >= 4 is 22.5 Å². The SMILES string of the molecule is CC(C)c1cnn2c(NC3CCc4[nH]c5c(O)cccc5c4C3)nc(-c3cncc(F)c3)nc12. The lowest BCUT2D eigenvalue weighted by Crippen LogP contribution is -2.29. The number of phenols is 1. The van der Waals surface area contributed by atoms with Gasteiger partial charge in [0.15, 0.2) is 11.5 Å². The molecular weight excluding hydrogens is 433 g/mol. The van der Waals surface area contributed by atoms with Crippen molar-refractivity contribution in [2.24, 2.45) is 0 Å². The number of fused-ring (bicyclic) bond motifs is 4. The number of rotatable bonds is 4. The molecule has 0 fully saturated rings. The fraction of sp³-hybridized carbons (Fsp3) is 0.280. The van der Waals surface area contributed by atoms with Crippen molar-refractivity contribution in [1.82, 2.24) is 29.5 Å². The van der Waals surface area contributed by atoms with E-state index in [1.54, 1.807) is 16.8 Å². The molecule has 4 aromatic heterocycles. The Hall–Kier alpha value is -4.01. The molecule has 5 aromatic rings. The van der Waals surface area contributed by atoms with Gasteiger partial charge in [-0.3, -0.25) is 4.98 Å². The van der Waals surface area contributed by atoms with Gasteiger partial charge in [0.25, 0.3) is 0 Å². The van der Waals surface area contributed by atoms with E-state index in [0.29, 0.717) is 23.0 Å². The van der Waals surface area contributed by atoms with Crippen molar-refractivity contribution < 1.29 is 9.50 Å². The second kappa shape index (κ2) is 7.79. The Morgan fingerprint density at radius 2 is 2.09 bits per heavy atom. The van der Waals surface area contributed by atoms with Crippen LogP contribution in [0.2, 0.25) is 0 Å². The van der Waals surface area contributed by atoms with Crippen LogP contribution in [0.5, 0.6) is 5.75 Å². The number of H-pyrrole nitrogens is 1. The Bertz CT molecular complexity index is 1540. The molecule has 0 radical (unpaired) electrons. The number of hydrogen-bond acceptors (Lipinski definition) is 6. The van der Waals surface area contributed by atoms with Crippen LogP contribution in [-0.4, -0.2) is 40.7 Å². The summed E-state index contributed by atoms with van der Waals surface area (Å²) >= 11 is 0. The molecule has 9 heteroatoms. The maximum atomic E-state index is 13.9. The molecule has 172 valence electrons. The zero-order valence-electron chi connectivity index (χ0n) is 18.9. The zero-order valence-corrected chi connectivity index (χ0v) is 18.9. The van der Waals surface area contributed by atoms with E-state index in [2.05, 4.69) is 34.2 Å². The van der Waals surface area contributed by atoms with E-state index in [9.17, 15) is 9.50 Å². The highest BCUT2D eigenvalue weighted by Crippen LogP contribution is 2.34. The Kier molecular flexibility index (Phi) is 4.72. The van der Waals surface area contributed by atoms with Crippen molar-refractivity contribution in [2.45, 2.75) is 45.1 Å². The number of pyridine rings is 1. The number of nitrogens with one attached hydrogen (secondary N) is 2. The van der Waals surface area contributed by atoms with Gasteiger partial charge in [0.1, 0.15) is 11.6 Å². The number of phenolic OH excluding ortho intramolecular Hbond substituents is 1. The van der Waals surface area contributed by atoms with E-state index in [1.807, 2.05) is 18.3 Å². The van der Waals surface area contributed by atoms with Crippen LogP contribution in [0.25, 0.3) is 27.9 Å². The number of benzene rings is 1. The highest BCUT2D eigenvalue weighted by molar-refractivity contribution is 5.89. The van der Waals surface area contributed by atoms with Crippen LogP contribution < -0.4 is 5.32 Å². The molecule has 4 heterocycles. The molecule has 0 saturated heterocycles. The second-order valence-electron chi connectivity index (χ2n) is 9.12. The van der Waals surface area contributed by atoms with Crippen LogP contribution in [0, 0.1) is 5.82 Å². The predicted octanol–water partition coefficient (Wildman–Crippen LogP) is 4.61. The van der Waals surface area contributed by atoms with Crippen molar-refractivity contribution in [1.29, 1.82) is 0 Å². The number of nitrogens with zero attached hydrogens (tertiary/aromatic N) is 5. The summed E-state index contributed by atoms with van der Waals surface area (Å²) in [6.45, 7) is 4.18. The van der Waals surface area contributed by atoms with Crippen LogP contribution in [0.15, 0.2) is 42.9 Å². The number of aromatic nitrogens is 6. The third-order valence-corrected chi connectivity index (χ3v) is 6.51. The normalized spacial score (nSPS) is 15.8. The summed E-state index contributed by atoms with van der Waals surface area (Å²) in [5.74, 6) is 1.01. The van der Waals surface area contributed by atoms with Gasteiger partial charge in [0.2, 0.25) is 5.95 Å². The summed E-state index contributed by atoms with van der Waals surface area (Å²) in [7, 11) is 0. The van der Waals surface area contributed by atoms with Gasteiger partial charge in [-0.2, -0.15) is 14.6 Å². The Balaban J connectivity index is 1.41. The molecule has 3 N–H and O–H groups in total. The molecule has 0 bridgehead atoms. The summed E-state index contributed by atoms with van der Waals surface area (Å²) in [6, 6.07) is 7.10. The highest BCUT2D eigenvalue weighted by atomic mass is 19.1. The standard InChI is InChI=1S/C25H24FN7O/c1-13(2)19-12-28-33-24(19)31-23(14-8-15(26)11-27-10-14)32-25(33)29-16-6-7-20-18(9-16)17-4-3-5-21(34)22(17)30-20/h3-5,8,10-13,16,30,34H,6-7,9H2,1-2H3,(H,29,31,32). The summed E-state index contributed by atoms with van der Waals surface area (Å²) < 4.78 is 15.6. The van der Waals surface area contributed by atoms with Gasteiger partial charge in [0.05, 0.1) is 17.9 Å². The van der Waals surface area contributed by atoms with E-state index < -0.39 is 5.82 Å². The number of para-hydroxylation sites is 1. The number of aromatic hydroxyl groups is 1. The van der Waals surface area contributed by atoms with Gasteiger partial charge >= 0.3 is 0 Å². The Morgan fingerprint density at radius 1 is 1.21 bits per heavy atom. The third-order valence-electron chi connectivity index (χ3n) is 6.51. The smallest absolute Gasteiger partial charge is 0.228 e. The topological polar surface area (TPSA) is 104 Å². The lowest BCUT2D eigenvalue weighted by atomic mass is 9.91. The molecule has 34 heavy (non-hydrogen) atoms. The third kappa shape index (κ3) is 3.35. The van der Waals surface area contributed by atoms with Crippen LogP contribution in [-0.2, 0) is 12.8 Å². The van der Waals surface area contributed by atoms with Crippen LogP contribution in [0.4, 0.5) is 10.3 Å². The first kappa shape index (κ1) is 20.6. The number of halogens is 1. The van der Waals surface area contributed by atoms with Gasteiger partial charge in [-0.1, -0.05) is 26.0 Å². The van der Waals surface area contributed by atoms with Gasteiger partial charge in [-0.15, -0.1) is 0 Å². The maximum Gasteiger partial charge on any atom is 0.228 e. The largest absolute Gasteiger partial charge is 0.506 e. The minimum atomic E-state index is -0.435. The summed E-state index contributed by atoms with van der Waals surface area (Å²) in [5.41, 5.74) is 5.36. The van der Waals surface area contributed by atoms with Gasteiger partial charge in [-0.25, -0.2) is 9.37 Å². The number of aryl methyl sites for hydroxylation is 1. The monoisotopic (exact) mass is 457 g/mol. The molecule has 1 unspecified atom stereocenters. The lowest BCUT2D eigenvalue weighted by molar-refractivity contribution is 0.480. The summed E-state index contributed by atoms with van der Waals surface area (Å²) in [4.78, 5) is 16.8. The Labute approximate surface area is 194 Å². The maximum absolute atomic E-state index is 13.9. The molecule has 0 saturated carbocycles. The van der Waals surface area contributed by atoms with Crippen LogP contribution in [0.1, 0.15) is 43.0 Å². The first-order valence-electron chi connectivity index (χ1n) is 11.4. The van der Waals surface area contributed by atoms with E-state index in [-0.39, 0.29) is 17.7 Å². The average molecular weight is 458 g/mol. The lowest BCUT2D eigenvalue weighted by Gasteiger charge is -2.24. The molecule has 8 nitrogen and oxygen atoms in total. The number of aromatic amines is 1. The van der Waals surface area contributed by atoms with Gasteiger partial charge in [0, 0.05) is 34.4 Å². The molecule has 6 rings (SSSR count). The molecule has 1 atom stereocenters. The quantitative estimate of drug-likeness (QED) is 0.364. The molecule has 1 aromatic carbocycles. The van der Waals surface area contributed by atoms with E-state index in [1.165, 1.54) is 11.6 Å². The van der Waals surface area contributed by atoms with E-state index in [4.69, 9.17) is 9.97 Å². The fourth-order valence-electron chi connectivity index (χ4n) is 4.79. The molecule has 1 aliphatic carbocycles. The van der Waals surface area contributed by atoms with Crippen molar-refractivity contribution in [2.75, 3.05) is 5.32 Å². The summed E-state index contributed by atoms with van der Waals surface area (Å²) in [5, 5.41) is 19.4. The highest BCUT2D eigenvalue weighted by Gasteiger charge is 2.25. The molecule has 0 amide bonds. The van der Waals surface area contributed by atoms with Gasteiger partial charge < -0.3 is 15.4 Å². The van der Waals surface area contributed by atoms with Crippen LogP contribution in [0.3, 0.4) is 0 Å². The number of hydrogen-bond donors (Lipinski definition) is 3. The van der Waals surface area contributed by atoms with Crippen LogP contribution >= 0.6 is 0 Å². The van der Waals surface area contributed by atoms with Crippen molar-refractivity contribution in [3.8, 4) is 17.1 Å². The second-order valence-corrected chi connectivity index (χ2v) is 9.12. The van der Waals surface area contributed by atoms with E-state index in [0.717, 1.165) is 47.6 Å². The molecular formula is C25H24FN7O. The van der Waals surface area contributed by atoms with Gasteiger partial charge in [-0.05, 0) is 42.9 Å². The molecule has 0 aliphatic heterocycles. The first-order chi connectivity index (χ1) is 16.5.